The van der Waals surface area contributed by atoms with Gasteiger partial charge in [-0.1, -0.05) is 61.7 Å². The largest absolute Gasteiger partial charge is 0.481 e. The molecule has 0 atom stereocenters. The lowest BCUT2D eigenvalue weighted by molar-refractivity contribution is -0.151. The van der Waals surface area contributed by atoms with E-state index in [0.717, 1.165) is 18.4 Å². The van der Waals surface area contributed by atoms with Gasteiger partial charge in [-0.2, -0.15) is 0 Å². The van der Waals surface area contributed by atoms with Gasteiger partial charge in [-0.25, -0.2) is 0 Å². The molecule has 2 rings (SSSR count). The average molecular weight is 289 g/mol. The van der Waals surface area contributed by atoms with Gasteiger partial charge in [0.05, 0.1) is 6.21 Å². The second-order valence-corrected chi connectivity index (χ2v) is 5.87. The number of unbranched alkanes of at least 4 members (excludes halogenated alkanes) is 1. The van der Waals surface area contributed by atoms with Crippen molar-refractivity contribution < 1.29 is 14.7 Å². The number of oxime groups is 1. The molecule has 1 N–H and O–H groups in total. The van der Waals surface area contributed by atoms with Gasteiger partial charge >= 0.3 is 5.97 Å². The third kappa shape index (κ3) is 4.06. The van der Waals surface area contributed by atoms with Gasteiger partial charge in [0.15, 0.2) is 0 Å². The first-order valence-corrected chi connectivity index (χ1v) is 7.60. The summed E-state index contributed by atoms with van der Waals surface area (Å²) in [6.45, 7) is 2.52. The number of carboxylic acid groups (broad SMARTS) is 1. The van der Waals surface area contributed by atoms with Gasteiger partial charge in [0.25, 0.3) is 0 Å². The molecule has 1 fully saturated rings. The Bertz CT molecular complexity index is 478. The van der Waals surface area contributed by atoms with Crippen molar-refractivity contribution in [3.05, 3.63) is 35.9 Å². The van der Waals surface area contributed by atoms with Crippen LogP contribution in [0.2, 0.25) is 0 Å². The van der Waals surface area contributed by atoms with E-state index in [9.17, 15) is 9.90 Å². The van der Waals surface area contributed by atoms with Crippen LogP contribution in [-0.2, 0) is 16.2 Å². The number of aliphatic carboxylic acids is 1. The molecule has 0 unspecified atom stereocenters. The fourth-order valence-corrected chi connectivity index (χ4v) is 2.83. The molecule has 1 aliphatic rings. The number of benzene rings is 1. The molecule has 114 valence electrons. The molecule has 1 aromatic carbocycles. The van der Waals surface area contributed by atoms with Gasteiger partial charge in [-0.15, -0.1) is 0 Å². The topological polar surface area (TPSA) is 58.9 Å². The fraction of sp³-hybridized carbons (Fsp3) is 0.529. The minimum absolute atomic E-state index is 0.367. The maximum absolute atomic E-state index is 11.4. The Hall–Kier alpha value is -1.84. The minimum Gasteiger partial charge on any atom is -0.481 e. The number of carboxylic acids is 1. The molecule has 4 heteroatoms. The lowest BCUT2D eigenvalue weighted by Crippen LogP contribution is -2.45. The molecule has 1 aliphatic carbocycles. The summed E-state index contributed by atoms with van der Waals surface area (Å²) >= 11 is 0. The number of hydrogen-bond donors (Lipinski definition) is 1. The predicted octanol–water partition coefficient (Wildman–Crippen LogP) is 3.86. The van der Waals surface area contributed by atoms with Crippen LogP contribution >= 0.6 is 0 Å². The van der Waals surface area contributed by atoms with Gasteiger partial charge in [0.1, 0.15) is 12.0 Å². The van der Waals surface area contributed by atoms with Crippen LogP contribution in [-0.4, -0.2) is 17.3 Å². The van der Waals surface area contributed by atoms with E-state index < -0.39 is 11.4 Å². The summed E-state index contributed by atoms with van der Waals surface area (Å²) in [6.07, 6.45) is 6.29. The summed E-state index contributed by atoms with van der Waals surface area (Å²) in [4.78, 5) is 16.7. The molecule has 0 radical (unpaired) electrons. The third-order valence-corrected chi connectivity index (χ3v) is 4.15. The van der Waals surface area contributed by atoms with E-state index >= 15 is 0 Å². The molecular formula is C17H23NO3. The normalized spacial score (nSPS) is 24.7. The summed E-state index contributed by atoms with van der Waals surface area (Å²) in [5.74, 6) is -0.274. The lowest BCUT2D eigenvalue weighted by Gasteiger charge is -2.41. The van der Waals surface area contributed by atoms with Crippen molar-refractivity contribution in [3.8, 4) is 0 Å². The molecule has 0 aliphatic heterocycles. The molecule has 4 nitrogen and oxygen atoms in total. The highest BCUT2D eigenvalue weighted by molar-refractivity contribution is 5.95. The molecular weight excluding hydrogens is 266 g/mol. The number of hydrogen-bond acceptors (Lipinski definition) is 3. The van der Waals surface area contributed by atoms with Crippen molar-refractivity contribution in [2.45, 2.75) is 45.6 Å². The highest BCUT2D eigenvalue weighted by Crippen LogP contribution is 2.46. The second-order valence-electron chi connectivity index (χ2n) is 5.87. The second kappa shape index (κ2) is 7.25. The molecule has 0 amide bonds. The summed E-state index contributed by atoms with van der Waals surface area (Å²) < 4.78 is 0. The molecule has 0 heterocycles. The molecule has 1 saturated carbocycles. The van der Waals surface area contributed by atoms with E-state index in [2.05, 4.69) is 12.1 Å². The highest BCUT2D eigenvalue weighted by atomic mass is 16.6. The molecule has 0 spiro atoms. The van der Waals surface area contributed by atoms with E-state index in [-0.39, 0.29) is 0 Å². The Kier molecular flexibility index (Phi) is 5.37. The van der Waals surface area contributed by atoms with Gasteiger partial charge in [-0.05, 0) is 24.3 Å². The van der Waals surface area contributed by atoms with Gasteiger partial charge < -0.3 is 9.94 Å². The molecule has 0 aromatic heterocycles. The zero-order valence-electron chi connectivity index (χ0n) is 12.5. The van der Waals surface area contributed by atoms with Crippen LogP contribution < -0.4 is 0 Å². The molecule has 21 heavy (non-hydrogen) atoms. The van der Waals surface area contributed by atoms with Crippen LogP contribution in [0.15, 0.2) is 35.5 Å². The number of rotatable bonds is 8. The first-order valence-electron chi connectivity index (χ1n) is 7.60. The van der Waals surface area contributed by atoms with Crippen molar-refractivity contribution >= 4 is 12.2 Å². The average Bonchev–Trinajstić information content (AvgIpc) is 2.45. The smallest absolute Gasteiger partial charge is 0.315 e. The van der Waals surface area contributed by atoms with E-state index in [1.54, 1.807) is 0 Å². The van der Waals surface area contributed by atoms with E-state index in [4.69, 9.17) is 4.84 Å². The summed E-state index contributed by atoms with van der Waals surface area (Å²) in [5.41, 5.74) is 0.211. The zero-order chi connectivity index (χ0) is 15.1. The lowest BCUT2D eigenvalue weighted by atomic mass is 9.61. The van der Waals surface area contributed by atoms with Gasteiger partial charge in [-0.3, -0.25) is 4.79 Å². The fourth-order valence-electron chi connectivity index (χ4n) is 2.83. The SMILES string of the molecule is CCCCC1CC(C=NOCc2ccccc2)(C(=O)O)C1. The Morgan fingerprint density at radius 2 is 2.14 bits per heavy atom. The monoisotopic (exact) mass is 289 g/mol. The summed E-state index contributed by atoms with van der Waals surface area (Å²) in [5, 5.41) is 13.3. The van der Waals surface area contributed by atoms with Crippen molar-refractivity contribution in [3.63, 3.8) is 0 Å². The summed E-state index contributed by atoms with van der Waals surface area (Å²) in [7, 11) is 0. The Labute approximate surface area is 125 Å². The molecule has 0 saturated heterocycles. The zero-order valence-corrected chi connectivity index (χ0v) is 12.5. The first-order chi connectivity index (χ1) is 10.2. The highest BCUT2D eigenvalue weighted by Gasteiger charge is 2.49. The quantitative estimate of drug-likeness (QED) is 0.584. The van der Waals surface area contributed by atoms with Gasteiger partial charge in [0.2, 0.25) is 0 Å². The summed E-state index contributed by atoms with van der Waals surface area (Å²) in [6, 6.07) is 9.72. The third-order valence-electron chi connectivity index (χ3n) is 4.15. The number of nitrogens with zero attached hydrogens (tertiary/aromatic N) is 1. The van der Waals surface area contributed by atoms with Crippen LogP contribution in [0.4, 0.5) is 0 Å². The Balaban J connectivity index is 1.81. The van der Waals surface area contributed by atoms with Crippen LogP contribution in [0.25, 0.3) is 0 Å². The van der Waals surface area contributed by atoms with Gasteiger partial charge in [0, 0.05) is 0 Å². The Morgan fingerprint density at radius 3 is 2.76 bits per heavy atom. The van der Waals surface area contributed by atoms with Crippen LogP contribution in [0.3, 0.4) is 0 Å². The predicted molar refractivity (Wildman–Crippen MR) is 82.0 cm³/mol. The van der Waals surface area contributed by atoms with Crippen molar-refractivity contribution in [2.24, 2.45) is 16.5 Å². The van der Waals surface area contributed by atoms with Crippen molar-refractivity contribution in [2.75, 3.05) is 0 Å². The maximum atomic E-state index is 11.4. The van der Waals surface area contributed by atoms with Crippen LogP contribution in [0, 0.1) is 11.3 Å². The van der Waals surface area contributed by atoms with Crippen molar-refractivity contribution in [1.29, 1.82) is 0 Å². The maximum Gasteiger partial charge on any atom is 0.315 e. The van der Waals surface area contributed by atoms with Crippen LogP contribution in [0.5, 0.6) is 0 Å². The van der Waals surface area contributed by atoms with E-state index in [1.165, 1.54) is 12.6 Å². The first kappa shape index (κ1) is 15.5. The molecule has 1 aromatic rings. The van der Waals surface area contributed by atoms with Crippen molar-refractivity contribution in [1.82, 2.24) is 0 Å². The van der Waals surface area contributed by atoms with Crippen LogP contribution in [0.1, 0.15) is 44.6 Å². The van der Waals surface area contributed by atoms with E-state index in [0.29, 0.717) is 25.4 Å². The standard InChI is InChI=1S/C17H23NO3/c1-2-3-7-15-10-17(11-15,16(19)20)13-18-21-12-14-8-5-4-6-9-14/h4-6,8-9,13,15H,2-3,7,10-12H2,1H3,(H,19,20). The van der Waals surface area contributed by atoms with E-state index in [1.807, 2.05) is 30.3 Å². The number of carbonyl (C=O) groups is 1. The molecule has 0 bridgehead atoms. The Morgan fingerprint density at radius 1 is 1.43 bits per heavy atom. The minimum atomic E-state index is -0.810.